The number of aromatic nitrogens is 2. The first-order chi connectivity index (χ1) is 10.1. The Bertz CT molecular complexity index is 586. The number of hydrogen-bond donors (Lipinski definition) is 1. The Balaban J connectivity index is 2.13. The van der Waals surface area contributed by atoms with Crippen LogP contribution in [-0.4, -0.2) is 30.8 Å². The zero-order valence-corrected chi connectivity index (χ0v) is 15.6. The van der Waals surface area contributed by atoms with E-state index in [4.69, 9.17) is 0 Å². The SMILES string of the molecule is CCCNCc1cc(Br)ccc1Sc1nnc(N(C)C)s1. The molecule has 1 heterocycles. The van der Waals surface area contributed by atoms with E-state index in [-0.39, 0.29) is 0 Å². The summed E-state index contributed by atoms with van der Waals surface area (Å²) in [5.41, 5.74) is 1.28. The average molecular weight is 387 g/mol. The first-order valence-electron chi connectivity index (χ1n) is 6.78. The maximum Gasteiger partial charge on any atom is 0.208 e. The molecule has 7 heteroatoms. The second kappa shape index (κ2) is 8.12. The van der Waals surface area contributed by atoms with Gasteiger partial charge in [0.2, 0.25) is 5.13 Å². The van der Waals surface area contributed by atoms with E-state index in [0.29, 0.717) is 0 Å². The van der Waals surface area contributed by atoms with Crippen LogP contribution in [0.5, 0.6) is 0 Å². The van der Waals surface area contributed by atoms with E-state index in [1.807, 2.05) is 19.0 Å². The lowest BCUT2D eigenvalue weighted by atomic mass is 10.2. The van der Waals surface area contributed by atoms with Gasteiger partial charge in [-0.15, -0.1) is 10.2 Å². The van der Waals surface area contributed by atoms with Gasteiger partial charge in [0.15, 0.2) is 4.34 Å². The largest absolute Gasteiger partial charge is 0.353 e. The topological polar surface area (TPSA) is 41.1 Å². The highest BCUT2D eigenvalue weighted by molar-refractivity contribution is 9.10. The molecule has 2 rings (SSSR count). The van der Waals surface area contributed by atoms with Crippen molar-refractivity contribution in [2.75, 3.05) is 25.5 Å². The minimum absolute atomic E-state index is 0.870. The summed E-state index contributed by atoms with van der Waals surface area (Å²) in [5.74, 6) is 0. The van der Waals surface area contributed by atoms with Crippen molar-refractivity contribution in [3.63, 3.8) is 0 Å². The Labute approximate surface area is 142 Å². The Morgan fingerprint density at radius 1 is 1.33 bits per heavy atom. The molecule has 0 saturated heterocycles. The van der Waals surface area contributed by atoms with Crippen LogP contribution in [0.25, 0.3) is 0 Å². The zero-order chi connectivity index (χ0) is 15.2. The maximum absolute atomic E-state index is 4.25. The van der Waals surface area contributed by atoms with Crippen LogP contribution in [0.15, 0.2) is 31.9 Å². The smallest absolute Gasteiger partial charge is 0.208 e. The Hall–Kier alpha value is -0.630. The predicted octanol–water partition coefficient (Wildman–Crippen LogP) is 4.02. The maximum atomic E-state index is 4.25. The summed E-state index contributed by atoms with van der Waals surface area (Å²) in [6.07, 6.45) is 1.14. The predicted molar refractivity (Wildman–Crippen MR) is 94.5 cm³/mol. The van der Waals surface area contributed by atoms with Crippen molar-refractivity contribution in [3.8, 4) is 0 Å². The Morgan fingerprint density at radius 3 is 2.81 bits per heavy atom. The molecule has 1 aromatic carbocycles. The fourth-order valence-corrected chi connectivity index (χ4v) is 3.94. The highest BCUT2D eigenvalue weighted by Gasteiger charge is 2.10. The fourth-order valence-electron chi connectivity index (χ4n) is 1.70. The third-order valence-electron chi connectivity index (χ3n) is 2.74. The summed E-state index contributed by atoms with van der Waals surface area (Å²) >= 11 is 6.83. The molecule has 0 atom stereocenters. The van der Waals surface area contributed by atoms with Gasteiger partial charge in [-0.25, -0.2) is 0 Å². The molecule has 0 fully saturated rings. The van der Waals surface area contributed by atoms with Gasteiger partial charge in [0.25, 0.3) is 0 Å². The normalized spacial score (nSPS) is 10.9. The molecular weight excluding hydrogens is 368 g/mol. The third kappa shape index (κ3) is 4.95. The zero-order valence-electron chi connectivity index (χ0n) is 12.4. The monoisotopic (exact) mass is 386 g/mol. The van der Waals surface area contributed by atoms with Gasteiger partial charge in [-0.2, -0.15) is 0 Å². The van der Waals surface area contributed by atoms with Crippen LogP contribution in [-0.2, 0) is 6.54 Å². The molecule has 0 bridgehead atoms. The van der Waals surface area contributed by atoms with E-state index in [0.717, 1.165) is 33.5 Å². The van der Waals surface area contributed by atoms with Crippen LogP contribution in [0, 0.1) is 0 Å². The summed E-state index contributed by atoms with van der Waals surface area (Å²) in [4.78, 5) is 3.20. The third-order valence-corrected chi connectivity index (χ3v) is 5.49. The molecule has 0 aliphatic heterocycles. The molecule has 21 heavy (non-hydrogen) atoms. The molecule has 1 aromatic heterocycles. The minimum Gasteiger partial charge on any atom is -0.353 e. The number of benzene rings is 1. The quantitative estimate of drug-likeness (QED) is 0.727. The number of anilines is 1. The van der Waals surface area contributed by atoms with Gasteiger partial charge in [0.05, 0.1) is 0 Å². The van der Waals surface area contributed by atoms with Gasteiger partial charge in [-0.1, -0.05) is 46.0 Å². The van der Waals surface area contributed by atoms with Gasteiger partial charge in [0, 0.05) is 30.0 Å². The highest BCUT2D eigenvalue weighted by Crippen LogP contribution is 2.35. The van der Waals surface area contributed by atoms with E-state index in [1.54, 1.807) is 23.1 Å². The van der Waals surface area contributed by atoms with Gasteiger partial charge < -0.3 is 10.2 Å². The van der Waals surface area contributed by atoms with Crippen LogP contribution >= 0.6 is 39.0 Å². The first-order valence-corrected chi connectivity index (χ1v) is 9.20. The van der Waals surface area contributed by atoms with E-state index in [1.165, 1.54) is 10.5 Å². The standard InChI is InChI=1S/C14H19BrN4S2/c1-4-7-16-9-10-8-11(15)5-6-12(10)20-14-18-17-13(21-14)19(2)3/h5-6,8,16H,4,7,9H2,1-3H3. The first kappa shape index (κ1) is 16.7. The molecule has 0 unspecified atom stereocenters. The molecule has 4 nitrogen and oxygen atoms in total. The van der Waals surface area contributed by atoms with Crippen LogP contribution < -0.4 is 10.2 Å². The lowest BCUT2D eigenvalue weighted by molar-refractivity contribution is 0.669. The molecule has 0 amide bonds. The van der Waals surface area contributed by atoms with Crippen LogP contribution in [0.4, 0.5) is 5.13 Å². The molecule has 0 saturated carbocycles. The van der Waals surface area contributed by atoms with Gasteiger partial charge in [0.1, 0.15) is 0 Å². The lowest BCUT2D eigenvalue weighted by Gasteiger charge is -2.09. The van der Waals surface area contributed by atoms with Crippen LogP contribution in [0.1, 0.15) is 18.9 Å². The summed E-state index contributed by atoms with van der Waals surface area (Å²) in [6.45, 7) is 4.07. The Kier molecular flexibility index (Phi) is 6.47. The van der Waals surface area contributed by atoms with Gasteiger partial charge in [-0.3, -0.25) is 0 Å². The highest BCUT2D eigenvalue weighted by atomic mass is 79.9. The average Bonchev–Trinajstić information content (AvgIpc) is 2.91. The van der Waals surface area contributed by atoms with Crippen molar-refractivity contribution in [1.29, 1.82) is 0 Å². The van der Waals surface area contributed by atoms with Crippen molar-refractivity contribution >= 4 is 44.2 Å². The number of nitrogens with one attached hydrogen (secondary N) is 1. The fraction of sp³-hybridized carbons (Fsp3) is 0.429. The van der Waals surface area contributed by atoms with E-state index in [2.05, 4.69) is 56.6 Å². The van der Waals surface area contributed by atoms with Crippen molar-refractivity contribution < 1.29 is 0 Å². The number of nitrogens with zero attached hydrogens (tertiary/aromatic N) is 3. The molecule has 0 radical (unpaired) electrons. The minimum atomic E-state index is 0.870. The van der Waals surface area contributed by atoms with Crippen molar-refractivity contribution in [1.82, 2.24) is 15.5 Å². The number of halogens is 1. The molecule has 0 spiro atoms. The van der Waals surface area contributed by atoms with Gasteiger partial charge in [-0.05, 0) is 36.7 Å². The Morgan fingerprint density at radius 2 is 2.14 bits per heavy atom. The number of hydrogen-bond acceptors (Lipinski definition) is 6. The van der Waals surface area contributed by atoms with E-state index < -0.39 is 0 Å². The van der Waals surface area contributed by atoms with Crippen molar-refractivity contribution in [3.05, 3.63) is 28.2 Å². The second-order valence-electron chi connectivity index (χ2n) is 4.78. The molecular formula is C14H19BrN4S2. The summed E-state index contributed by atoms with van der Waals surface area (Å²) in [6, 6.07) is 6.37. The number of rotatable bonds is 7. The van der Waals surface area contributed by atoms with Crippen LogP contribution in [0.2, 0.25) is 0 Å². The van der Waals surface area contributed by atoms with Gasteiger partial charge >= 0.3 is 0 Å². The molecule has 2 aromatic rings. The molecule has 1 N–H and O–H groups in total. The summed E-state index contributed by atoms with van der Waals surface area (Å²) < 4.78 is 2.07. The van der Waals surface area contributed by atoms with Crippen LogP contribution in [0.3, 0.4) is 0 Å². The van der Waals surface area contributed by atoms with Crippen molar-refractivity contribution in [2.45, 2.75) is 29.1 Å². The van der Waals surface area contributed by atoms with Crippen molar-refractivity contribution in [2.24, 2.45) is 0 Å². The van der Waals surface area contributed by atoms with E-state index in [9.17, 15) is 0 Å². The lowest BCUT2D eigenvalue weighted by Crippen LogP contribution is -2.14. The summed E-state index contributed by atoms with van der Waals surface area (Å²) in [7, 11) is 3.96. The molecule has 0 aliphatic carbocycles. The summed E-state index contributed by atoms with van der Waals surface area (Å²) in [5, 5.41) is 12.8. The second-order valence-corrected chi connectivity index (χ2v) is 7.94. The molecule has 0 aliphatic rings. The molecule has 114 valence electrons. The van der Waals surface area contributed by atoms with E-state index >= 15 is 0 Å².